The number of hydrogen-bond donors (Lipinski definition) is 2. The third kappa shape index (κ3) is 2.42. The molecule has 0 spiro atoms. The number of hydrogen-bond acceptors (Lipinski definition) is 4. The Morgan fingerprint density at radius 1 is 1.08 bits per heavy atom. The first-order chi connectivity index (χ1) is 12.0. The molecule has 3 amide bonds. The molecule has 1 aliphatic heterocycles. The molecule has 130 valence electrons. The molecule has 4 atom stereocenters. The summed E-state index contributed by atoms with van der Waals surface area (Å²) in [7, 11) is 0. The van der Waals surface area contributed by atoms with Gasteiger partial charge in [-0.3, -0.25) is 19.3 Å². The van der Waals surface area contributed by atoms with Gasteiger partial charge in [-0.2, -0.15) is 0 Å². The number of likely N-dealkylation sites (tertiary alicyclic amines) is 1. The van der Waals surface area contributed by atoms with Crippen LogP contribution in [0, 0.1) is 23.7 Å². The number of benzene rings is 1. The summed E-state index contributed by atoms with van der Waals surface area (Å²) in [5.74, 6) is -2.19. The fraction of sp³-hybridized carbons (Fsp3) is 0.444. The van der Waals surface area contributed by atoms with Crippen LogP contribution < -0.4 is 5.32 Å². The molecular formula is C18H18N2O5. The molecule has 7 nitrogen and oxygen atoms in total. The number of anilines is 1. The number of fused-ring (bicyclic) bond motifs is 5. The van der Waals surface area contributed by atoms with E-state index in [0.29, 0.717) is 0 Å². The summed E-state index contributed by atoms with van der Waals surface area (Å²) in [6.45, 7) is -0.363. The van der Waals surface area contributed by atoms with Gasteiger partial charge in [-0.15, -0.1) is 0 Å². The van der Waals surface area contributed by atoms with Crippen LogP contribution in [0.15, 0.2) is 24.3 Å². The Hall–Kier alpha value is -2.70. The maximum atomic E-state index is 12.6. The number of carboxylic acid groups (broad SMARTS) is 1. The minimum Gasteiger partial charge on any atom is -0.478 e. The summed E-state index contributed by atoms with van der Waals surface area (Å²) in [5, 5.41) is 11.6. The Balaban J connectivity index is 1.48. The Morgan fingerprint density at radius 2 is 1.68 bits per heavy atom. The minimum atomic E-state index is -1.16. The van der Waals surface area contributed by atoms with E-state index in [1.54, 1.807) is 12.1 Å². The zero-order chi connectivity index (χ0) is 17.7. The van der Waals surface area contributed by atoms with Crippen LogP contribution in [-0.2, 0) is 14.4 Å². The lowest BCUT2D eigenvalue weighted by Crippen LogP contribution is -2.39. The second kappa shape index (κ2) is 5.68. The average Bonchev–Trinajstić information content (AvgIpc) is 3.25. The van der Waals surface area contributed by atoms with Crippen molar-refractivity contribution in [2.75, 3.05) is 11.9 Å². The Bertz CT molecular complexity index is 761. The molecule has 1 aromatic rings. The number of carboxylic acids is 1. The van der Waals surface area contributed by atoms with Gasteiger partial charge in [0.25, 0.3) is 0 Å². The minimum absolute atomic E-state index is 0.0372. The first-order valence-electron chi connectivity index (χ1n) is 8.44. The first-order valence-corrected chi connectivity index (χ1v) is 8.44. The number of imide groups is 1. The predicted molar refractivity (Wildman–Crippen MR) is 86.6 cm³/mol. The maximum Gasteiger partial charge on any atom is 0.337 e. The number of carbonyl (C=O) groups excluding carboxylic acids is 3. The highest BCUT2D eigenvalue weighted by atomic mass is 16.4. The van der Waals surface area contributed by atoms with E-state index in [1.807, 2.05) is 0 Å². The van der Waals surface area contributed by atoms with Crippen molar-refractivity contribution in [2.24, 2.45) is 23.7 Å². The Kier molecular flexibility index (Phi) is 3.59. The number of nitrogens with zero attached hydrogens (tertiary/aromatic N) is 1. The molecule has 7 heteroatoms. The molecule has 1 saturated heterocycles. The molecule has 25 heavy (non-hydrogen) atoms. The normalized spacial score (nSPS) is 29.8. The SMILES string of the molecule is O=C(CN1C(=O)[C@@H]2[C@H]3CC[C@@H](C3)[C@H]2C1=O)Nc1ccccc1C(=O)O. The van der Waals surface area contributed by atoms with Crippen molar-refractivity contribution in [2.45, 2.75) is 19.3 Å². The van der Waals surface area contributed by atoms with Gasteiger partial charge in [0.15, 0.2) is 0 Å². The van der Waals surface area contributed by atoms with Crippen molar-refractivity contribution in [1.29, 1.82) is 0 Å². The van der Waals surface area contributed by atoms with Gasteiger partial charge in [0, 0.05) is 0 Å². The van der Waals surface area contributed by atoms with Crippen molar-refractivity contribution < 1.29 is 24.3 Å². The monoisotopic (exact) mass is 342 g/mol. The zero-order valence-corrected chi connectivity index (χ0v) is 13.5. The Labute approximate surface area is 144 Å². The molecular weight excluding hydrogens is 324 g/mol. The van der Waals surface area contributed by atoms with Crippen molar-refractivity contribution in [3.63, 3.8) is 0 Å². The van der Waals surface area contributed by atoms with E-state index >= 15 is 0 Å². The number of para-hydroxylation sites is 1. The van der Waals surface area contributed by atoms with Crippen LogP contribution in [0.1, 0.15) is 29.6 Å². The van der Waals surface area contributed by atoms with E-state index < -0.39 is 11.9 Å². The van der Waals surface area contributed by atoms with Gasteiger partial charge in [-0.1, -0.05) is 12.1 Å². The van der Waals surface area contributed by atoms with Crippen LogP contribution in [0.3, 0.4) is 0 Å². The summed E-state index contributed by atoms with van der Waals surface area (Å²) < 4.78 is 0. The summed E-state index contributed by atoms with van der Waals surface area (Å²) >= 11 is 0. The number of aromatic carboxylic acids is 1. The zero-order valence-electron chi connectivity index (χ0n) is 13.5. The first kappa shape index (κ1) is 15.8. The number of nitrogens with one attached hydrogen (secondary N) is 1. The summed E-state index contributed by atoms with van der Waals surface area (Å²) in [6.07, 6.45) is 2.91. The molecule has 0 aromatic heterocycles. The summed E-state index contributed by atoms with van der Waals surface area (Å²) in [6, 6.07) is 6.02. The van der Waals surface area contributed by atoms with Crippen LogP contribution >= 0.6 is 0 Å². The topological polar surface area (TPSA) is 104 Å². The lowest BCUT2D eigenvalue weighted by Gasteiger charge is -2.19. The van der Waals surface area contributed by atoms with Crippen LogP contribution in [0.5, 0.6) is 0 Å². The van der Waals surface area contributed by atoms with E-state index in [1.165, 1.54) is 12.1 Å². The lowest BCUT2D eigenvalue weighted by atomic mass is 9.81. The van der Waals surface area contributed by atoms with E-state index in [2.05, 4.69) is 5.32 Å². The van der Waals surface area contributed by atoms with Crippen LogP contribution in [-0.4, -0.2) is 40.2 Å². The van der Waals surface area contributed by atoms with Crippen molar-refractivity contribution in [3.05, 3.63) is 29.8 Å². The molecule has 0 radical (unpaired) electrons. The van der Waals surface area contributed by atoms with Crippen molar-refractivity contribution in [3.8, 4) is 0 Å². The molecule has 2 N–H and O–H groups in total. The third-order valence-corrected chi connectivity index (χ3v) is 5.75. The molecule has 4 rings (SSSR count). The van der Waals surface area contributed by atoms with Gasteiger partial charge in [0.05, 0.1) is 23.1 Å². The van der Waals surface area contributed by atoms with Gasteiger partial charge in [0.1, 0.15) is 6.54 Å². The van der Waals surface area contributed by atoms with Gasteiger partial charge in [-0.05, 0) is 43.2 Å². The molecule has 0 unspecified atom stereocenters. The average molecular weight is 342 g/mol. The highest BCUT2D eigenvalue weighted by molar-refractivity contribution is 6.10. The van der Waals surface area contributed by atoms with Gasteiger partial charge >= 0.3 is 5.97 Å². The molecule has 1 aromatic carbocycles. The standard InChI is InChI=1S/C18H18N2O5/c21-13(19-12-4-2-1-3-11(12)18(24)25)8-20-16(22)14-9-5-6-10(7-9)15(14)17(20)23/h1-4,9-10,14-15H,5-8H2,(H,19,21)(H,24,25)/t9-,10-,14+,15+/m0/s1. The lowest BCUT2D eigenvalue weighted by molar-refractivity contribution is -0.143. The van der Waals surface area contributed by atoms with E-state index in [-0.39, 0.29) is 53.3 Å². The summed E-state index contributed by atoms with van der Waals surface area (Å²) in [5.41, 5.74) is 0.115. The molecule has 2 bridgehead atoms. The maximum absolute atomic E-state index is 12.6. The smallest absolute Gasteiger partial charge is 0.337 e. The van der Waals surface area contributed by atoms with Gasteiger partial charge in [0.2, 0.25) is 17.7 Å². The second-order valence-electron chi connectivity index (χ2n) is 7.05. The third-order valence-electron chi connectivity index (χ3n) is 5.75. The van der Waals surface area contributed by atoms with Crippen LogP contribution in [0.25, 0.3) is 0 Å². The molecule has 1 heterocycles. The van der Waals surface area contributed by atoms with Crippen LogP contribution in [0.2, 0.25) is 0 Å². The van der Waals surface area contributed by atoms with Gasteiger partial charge < -0.3 is 10.4 Å². The fourth-order valence-electron chi connectivity index (χ4n) is 4.74. The molecule has 2 saturated carbocycles. The van der Waals surface area contributed by atoms with Crippen molar-refractivity contribution in [1.82, 2.24) is 4.90 Å². The molecule has 2 aliphatic carbocycles. The molecule has 3 aliphatic rings. The van der Waals surface area contributed by atoms with E-state index in [4.69, 9.17) is 5.11 Å². The number of rotatable bonds is 4. The highest BCUT2D eigenvalue weighted by Gasteiger charge is 2.60. The predicted octanol–water partition coefficient (Wildman–Crippen LogP) is 1.35. The highest BCUT2D eigenvalue weighted by Crippen LogP contribution is 2.56. The largest absolute Gasteiger partial charge is 0.478 e. The summed E-state index contributed by atoms with van der Waals surface area (Å²) in [4.78, 5) is 49.7. The van der Waals surface area contributed by atoms with E-state index in [0.717, 1.165) is 24.2 Å². The fourth-order valence-corrected chi connectivity index (χ4v) is 4.74. The van der Waals surface area contributed by atoms with Gasteiger partial charge in [-0.25, -0.2) is 4.79 Å². The molecule has 3 fully saturated rings. The number of carbonyl (C=O) groups is 4. The van der Waals surface area contributed by atoms with Crippen molar-refractivity contribution >= 4 is 29.4 Å². The number of amides is 3. The quantitative estimate of drug-likeness (QED) is 0.804. The second-order valence-corrected chi connectivity index (χ2v) is 7.05. The Morgan fingerprint density at radius 3 is 2.28 bits per heavy atom. The van der Waals surface area contributed by atoms with E-state index in [9.17, 15) is 19.2 Å². The van der Waals surface area contributed by atoms with Crippen LogP contribution in [0.4, 0.5) is 5.69 Å².